The Morgan fingerprint density at radius 3 is 2.60 bits per heavy atom. The zero-order chi connectivity index (χ0) is 17.2. The fourth-order valence-electron chi connectivity index (χ4n) is 5.08. The quantitative estimate of drug-likeness (QED) is 0.914. The Balaban J connectivity index is 1.33. The van der Waals surface area contributed by atoms with Crippen LogP contribution >= 0.6 is 0 Å². The predicted octanol–water partition coefficient (Wildman–Crippen LogP) is 3.03. The molecule has 3 aliphatic heterocycles. The maximum atomic E-state index is 12.9. The Bertz CT molecular complexity index is 578. The zero-order valence-corrected chi connectivity index (χ0v) is 15.4. The first kappa shape index (κ1) is 16.9. The highest BCUT2D eigenvalue weighted by atomic mass is 16.2. The average molecular weight is 341 g/mol. The molecule has 25 heavy (non-hydrogen) atoms. The fraction of sp³-hybridized carbons (Fsp3) is 0.667. The normalized spacial score (nSPS) is 31.8. The lowest BCUT2D eigenvalue weighted by molar-refractivity contribution is -0.133. The first-order valence-electron chi connectivity index (χ1n) is 10.0. The molecule has 136 valence electrons. The minimum atomic E-state index is 0.347. The van der Waals surface area contributed by atoms with Crippen molar-refractivity contribution in [2.75, 3.05) is 25.0 Å². The number of carbonyl (C=O) groups is 1. The molecular weight excluding hydrogens is 310 g/mol. The molecule has 0 spiro atoms. The van der Waals surface area contributed by atoms with Gasteiger partial charge >= 0.3 is 0 Å². The van der Waals surface area contributed by atoms with E-state index in [1.54, 1.807) is 0 Å². The molecular formula is C21H31N3O. The van der Waals surface area contributed by atoms with E-state index in [2.05, 4.69) is 45.4 Å². The number of piperidine rings is 2. The van der Waals surface area contributed by atoms with Gasteiger partial charge < -0.3 is 15.1 Å². The number of anilines is 1. The second-order valence-corrected chi connectivity index (χ2v) is 8.26. The van der Waals surface area contributed by atoms with E-state index in [1.165, 1.54) is 31.4 Å². The van der Waals surface area contributed by atoms with E-state index in [-0.39, 0.29) is 0 Å². The lowest BCUT2D eigenvalue weighted by Gasteiger charge is -2.39. The maximum absolute atomic E-state index is 12.9. The van der Waals surface area contributed by atoms with Crippen LogP contribution in [-0.2, 0) is 4.79 Å². The Hall–Kier alpha value is -1.55. The topological polar surface area (TPSA) is 35.6 Å². The summed E-state index contributed by atoms with van der Waals surface area (Å²) in [6.07, 6.45) is 8.03. The van der Waals surface area contributed by atoms with Gasteiger partial charge in [0.2, 0.25) is 5.91 Å². The molecule has 3 heterocycles. The van der Waals surface area contributed by atoms with E-state index in [1.807, 2.05) is 7.05 Å². The molecule has 1 N–H and O–H groups in total. The molecule has 3 atom stereocenters. The maximum Gasteiger partial charge on any atom is 0.222 e. The molecule has 3 aliphatic rings. The molecule has 3 unspecified atom stereocenters. The average Bonchev–Trinajstić information content (AvgIpc) is 3.00. The van der Waals surface area contributed by atoms with Crippen molar-refractivity contribution in [2.24, 2.45) is 5.92 Å². The highest BCUT2D eigenvalue weighted by Crippen LogP contribution is 2.33. The van der Waals surface area contributed by atoms with Crippen LogP contribution in [0.5, 0.6) is 0 Å². The van der Waals surface area contributed by atoms with Gasteiger partial charge in [0.05, 0.1) is 0 Å². The number of rotatable bonds is 4. The Kier molecular flexibility index (Phi) is 4.98. The smallest absolute Gasteiger partial charge is 0.222 e. The summed E-state index contributed by atoms with van der Waals surface area (Å²) < 4.78 is 0. The molecule has 0 aromatic heterocycles. The van der Waals surface area contributed by atoms with Crippen LogP contribution in [0.4, 0.5) is 5.69 Å². The van der Waals surface area contributed by atoms with Crippen molar-refractivity contribution in [2.45, 2.75) is 63.1 Å². The number of likely N-dealkylation sites (N-methyl/N-ethyl adjacent to an activating group) is 1. The van der Waals surface area contributed by atoms with Gasteiger partial charge in [0.1, 0.15) is 0 Å². The van der Waals surface area contributed by atoms with Crippen molar-refractivity contribution in [3.05, 3.63) is 30.3 Å². The number of carbonyl (C=O) groups excluding carboxylic acids is 1. The van der Waals surface area contributed by atoms with Crippen LogP contribution in [0.15, 0.2) is 30.3 Å². The highest BCUT2D eigenvalue weighted by Gasteiger charge is 2.35. The molecule has 0 saturated carbocycles. The van der Waals surface area contributed by atoms with Gasteiger partial charge in [0.25, 0.3) is 0 Å². The second kappa shape index (κ2) is 7.36. The molecule has 1 aromatic rings. The van der Waals surface area contributed by atoms with Gasteiger partial charge in [0, 0.05) is 50.4 Å². The van der Waals surface area contributed by atoms with E-state index in [9.17, 15) is 4.79 Å². The first-order chi connectivity index (χ1) is 12.2. The summed E-state index contributed by atoms with van der Waals surface area (Å²) >= 11 is 0. The third-order valence-corrected chi connectivity index (χ3v) is 6.49. The molecule has 0 radical (unpaired) electrons. The standard InChI is InChI=1S/C21H31N3O/c1-23(21(25)14-16-12-17-9-10-18(13-16)22-17)20-8-5-11-24(15-20)19-6-3-2-4-7-19/h2-4,6-7,16-18,20,22H,5,8-15H2,1H3. The summed E-state index contributed by atoms with van der Waals surface area (Å²) in [5.41, 5.74) is 1.28. The van der Waals surface area contributed by atoms with Crippen LogP contribution in [0.25, 0.3) is 0 Å². The summed E-state index contributed by atoms with van der Waals surface area (Å²) in [6.45, 7) is 2.06. The van der Waals surface area contributed by atoms with Crippen molar-refractivity contribution in [3.63, 3.8) is 0 Å². The number of fused-ring (bicyclic) bond motifs is 2. The Morgan fingerprint density at radius 2 is 1.88 bits per heavy atom. The van der Waals surface area contributed by atoms with Crippen LogP contribution in [0, 0.1) is 5.92 Å². The summed E-state index contributed by atoms with van der Waals surface area (Å²) in [4.78, 5) is 17.4. The number of benzene rings is 1. The first-order valence-corrected chi connectivity index (χ1v) is 10.0. The molecule has 2 bridgehead atoms. The third kappa shape index (κ3) is 3.84. The summed E-state index contributed by atoms with van der Waals surface area (Å²) in [5.74, 6) is 0.939. The van der Waals surface area contributed by atoms with E-state index in [0.717, 1.165) is 32.4 Å². The van der Waals surface area contributed by atoms with E-state index in [0.29, 0.717) is 30.0 Å². The van der Waals surface area contributed by atoms with E-state index in [4.69, 9.17) is 0 Å². The summed E-state index contributed by atoms with van der Waals surface area (Å²) in [5, 5.41) is 3.68. The third-order valence-electron chi connectivity index (χ3n) is 6.49. The van der Waals surface area contributed by atoms with Gasteiger partial charge in [-0.05, 0) is 56.6 Å². The molecule has 1 amide bonds. The van der Waals surface area contributed by atoms with Gasteiger partial charge in [-0.1, -0.05) is 18.2 Å². The predicted molar refractivity (Wildman–Crippen MR) is 102 cm³/mol. The SMILES string of the molecule is CN(C(=O)CC1CC2CCC(C1)N2)C1CCCN(c2ccccc2)C1. The zero-order valence-electron chi connectivity index (χ0n) is 15.4. The molecule has 4 nitrogen and oxygen atoms in total. The minimum absolute atomic E-state index is 0.347. The van der Waals surface area contributed by atoms with Gasteiger partial charge in [-0.3, -0.25) is 4.79 Å². The summed E-state index contributed by atoms with van der Waals surface area (Å²) in [7, 11) is 2.02. The van der Waals surface area contributed by atoms with Gasteiger partial charge in [-0.15, -0.1) is 0 Å². The number of para-hydroxylation sites is 1. The summed E-state index contributed by atoms with van der Waals surface area (Å²) in [6, 6.07) is 12.3. The Labute approximate surface area is 151 Å². The molecule has 4 rings (SSSR count). The van der Waals surface area contributed by atoms with Crippen LogP contribution in [-0.4, -0.2) is 49.1 Å². The lowest BCUT2D eigenvalue weighted by Crippen LogP contribution is -2.49. The van der Waals surface area contributed by atoms with Crippen molar-refractivity contribution in [3.8, 4) is 0 Å². The van der Waals surface area contributed by atoms with E-state index < -0.39 is 0 Å². The van der Waals surface area contributed by atoms with Crippen molar-refractivity contribution in [1.82, 2.24) is 10.2 Å². The monoisotopic (exact) mass is 341 g/mol. The number of hydrogen-bond donors (Lipinski definition) is 1. The lowest BCUT2D eigenvalue weighted by atomic mass is 9.89. The van der Waals surface area contributed by atoms with Crippen molar-refractivity contribution in [1.29, 1.82) is 0 Å². The van der Waals surface area contributed by atoms with Gasteiger partial charge in [-0.25, -0.2) is 0 Å². The molecule has 1 aromatic carbocycles. The Morgan fingerprint density at radius 1 is 1.16 bits per heavy atom. The van der Waals surface area contributed by atoms with Crippen LogP contribution in [0.1, 0.15) is 44.9 Å². The van der Waals surface area contributed by atoms with Crippen LogP contribution < -0.4 is 10.2 Å². The molecule has 4 heteroatoms. The minimum Gasteiger partial charge on any atom is -0.369 e. The molecule has 0 aliphatic carbocycles. The largest absolute Gasteiger partial charge is 0.369 e. The van der Waals surface area contributed by atoms with E-state index >= 15 is 0 Å². The van der Waals surface area contributed by atoms with Crippen LogP contribution in [0.2, 0.25) is 0 Å². The number of nitrogens with one attached hydrogen (secondary N) is 1. The fourth-order valence-corrected chi connectivity index (χ4v) is 5.08. The van der Waals surface area contributed by atoms with Gasteiger partial charge in [0.15, 0.2) is 0 Å². The van der Waals surface area contributed by atoms with Crippen molar-refractivity contribution < 1.29 is 4.79 Å². The number of hydrogen-bond acceptors (Lipinski definition) is 3. The molecule has 3 fully saturated rings. The number of amides is 1. The number of nitrogens with zero attached hydrogens (tertiary/aromatic N) is 2. The highest BCUT2D eigenvalue weighted by molar-refractivity contribution is 5.76. The van der Waals surface area contributed by atoms with Crippen LogP contribution in [0.3, 0.4) is 0 Å². The van der Waals surface area contributed by atoms with Crippen molar-refractivity contribution >= 4 is 11.6 Å². The molecule has 3 saturated heterocycles. The van der Waals surface area contributed by atoms with Gasteiger partial charge in [-0.2, -0.15) is 0 Å². The second-order valence-electron chi connectivity index (χ2n) is 8.26.